The third-order valence-electron chi connectivity index (χ3n) is 2.94. The van der Waals surface area contributed by atoms with Crippen LogP contribution in [0.2, 0.25) is 0 Å². The maximum Gasteiger partial charge on any atom is 0.271 e. The quantitative estimate of drug-likeness (QED) is 0.389. The second-order valence-corrected chi connectivity index (χ2v) is 5.58. The van der Waals surface area contributed by atoms with E-state index in [0.717, 1.165) is 14.8 Å². The Labute approximate surface area is 133 Å². The minimum atomic E-state index is -0.430. The van der Waals surface area contributed by atoms with Crippen molar-refractivity contribution in [1.29, 1.82) is 0 Å². The molecule has 0 saturated heterocycles. The molecule has 0 fully saturated rings. The predicted molar refractivity (Wildman–Crippen MR) is 86.2 cm³/mol. The van der Waals surface area contributed by atoms with Crippen LogP contribution in [0.15, 0.2) is 54.7 Å². The second kappa shape index (κ2) is 5.60. The summed E-state index contributed by atoms with van der Waals surface area (Å²) in [5, 5.41) is 18.9. The number of hydrogen-bond donors (Lipinski definition) is 0. The smallest absolute Gasteiger partial charge is 0.258 e. The molecule has 0 radical (unpaired) electrons. The first kappa shape index (κ1) is 13.7. The molecule has 21 heavy (non-hydrogen) atoms. The molecule has 0 aliphatic rings. The molecular formula is C14H9IN4O2. The maximum atomic E-state index is 10.8. The lowest BCUT2D eigenvalue weighted by Gasteiger charge is -1.99. The monoisotopic (exact) mass is 392 g/mol. The lowest BCUT2D eigenvalue weighted by atomic mass is 10.2. The summed E-state index contributed by atoms with van der Waals surface area (Å²) in [6.45, 7) is 0. The highest BCUT2D eigenvalue weighted by Gasteiger charge is 2.09. The number of benzene rings is 2. The topological polar surface area (TPSA) is 73.8 Å². The molecule has 6 nitrogen and oxygen atoms in total. The van der Waals surface area contributed by atoms with Gasteiger partial charge in [0.2, 0.25) is 0 Å². The van der Waals surface area contributed by atoms with Crippen LogP contribution in [0.25, 0.3) is 16.9 Å². The Morgan fingerprint density at radius 1 is 1.14 bits per heavy atom. The van der Waals surface area contributed by atoms with Gasteiger partial charge in [0.15, 0.2) is 0 Å². The third kappa shape index (κ3) is 2.92. The van der Waals surface area contributed by atoms with Crippen LogP contribution in [0, 0.1) is 13.7 Å². The van der Waals surface area contributed by atoms with E-state index < -0.39 is 4.92 Å². The highest BCUT2D eigenvalue weighted by molar-refractivity contribution is 14.1. The van der Waals surface area contributed by atoms with Gasteiger partial charge in [0.1, 0.15) is 5.69 Å². The van der Waals surface area contributed by atoms with E-state index in [-0.39, 0.29) is 5.69 Å². The summed E-state index contributed by atoms with van der Waals surface area (Å²) >= 11 is 2.23. The predicted octanol–water partition coefficient (Wildman–Crippen LogP) is 3.45. The van der Waals surface area contributed by atoms with Crippen LogP contribution < -0.4 is 0 Å². The molecule has 0 bridgehead atoms. The molecule has 0 amide bonds. The average Bonchev–Trinajstić information content (AvgIpc) is 2.98. The summed E-state index contributed by atoms with van der Waals surface area (Å²) in [7, 11) is 0. The van der Waals surface area contributed by atoms with E-state index in [9.17, 15) is 10.1 Å². The van der Waals surface area contributed by atoms with Gasteiger partial charge in [-0.2, -0.15) is 0 Å². The van der Waals surface area contributed by atoms with E-state index in [4.69, 9.17) is 0 Å². The van der Waals surface area contributed by atoms with Gasteiger partial charge in [-0.05, 0) is 40.8 Å². The number of nitro benzene ring substituents is 1. The Morgan fingerprint density at radius 3 is 2.62 bits per heavy atom. The van der Waals surface area contributed by atoms with Crippen molar-refractivity contribution in [3.8, 4) is 16.9 Å². The van der Waals surface area contributed by atoms with Gasteiger partial charge >= 0.3 is 0 Å². The molecule has 3 aromatic rings. The minimum Gasteiger partial charge on any atom is -0.258 e. The zero-order valence-electron chi connectivity index (χ0n) is 10.7. The molecule has 0 aliphatic carbocycles. The largest absolute Gasteiger partial charge is 0.271 e. The van der Waals surface area contributed by atoms with E-state index in [0.29, 0.717) is 5.69 Å². The number of nitrogens with zero attached hydrogens (tertiary/aromatic N) is 4. The van der Waals surface area contributed by atoms with E-state index in [2.05, 4.69) is 32.9 Å². The highest BCUT2D eigenvalue weighted by atomic mass is 127. The molecule has 1 heterocycles. The molecule has 7 heteroatoms. The number of hydrogen-bond acceptors (Lipinski definition) is 4. The Balaban J connectivity index is 1.96. The van der Waals surface area contributed by atoms with Gasteiger partial charge in [-0.15, -0.1) is 5.10 Å². The number of halogens is 1. The molecule has 104 valence electrons. The van der Waals surface area contributed by atoms with Crippen LogP contribution in [0.5, 0.6) is 0 Å². The van der Waals surface area contributed by atoms with Gasteiger partial charge in [-0.25, -0.2) is 4.68 Å². The Kier molecular flexibility index (Phi) is 3.65. The standard InChI is InChI=1S/C14H9IN4O2/c15-11-6-4-10(5-7-11)14-9-18(17-16-14)12-2-1-3-13(8-12)19(20)21/h1-9H. The average molecular weight is 392 g/mol. The van der Waals surface area contributed by atoms with Crippen molar-refractivity contribution >= 4 is 28.3 Å². The van der Waals surface area contributed by atoms with E-state index in [1.165, 1.54) is 16.8 Å². The first-order chi connectivity index (χ1) is 10.1. The molecule has 0 spiro atoms. The summed E-state index contributed by atoms with van der Waals surface area (Å²) < 4.78 is 2.67. The van der Waals surface area contributed by atoms with Crippen molar-refractivity contribution in [2.45, 2.75) is 0 Å². The van der Waals surface area contributed by atoms with E-state index in [1.54, 1.807) is 18.3 Å². The summed E-state index contributed by atoms with van der Waals surface area (Å²) in [6, 6.07) is 14.2. The first-order valence-corrected chi connectivity index (χ1v) is 7.14. The van der Waals surface area contributed by atoms with Gasteiger partial charge in [0.25, 0.3) is 5.69 Å². The van der Waals surface area contributed by atoms with Gasteiger partial charge in [-0.1, -0.05) is 23.4 Å². The lowest BCUT2D eigenvalue weighted by Crippen LogP contribution is -1.96. The second-order valence-electron chi connectivity index (χ2n) is 4.33. The number of non-ortho nitro benzene ring substituents is 1. The molecule has 0 saturated carbocycles. The van der Waals surface area contributed by atoms with Crippen LogP contribution in [-0.2, 0) is 0 Å². The van der Waals surface area contributed by atoms with Gasteiger partial charge in [0, 0.05) is 21.3 Å². The third-order valence-corrected chi connectivity index (χ3v) is 3.66. The summed E-state index contributed by atoms with van der Waals surface area (Å²) in [6.07, 6.45) is 1.75. The fourth-order valence-corrected chi connectivity index (χ4v) is 2.25. The van der Waals surface area contributed by atoms with Crippen LogP contribution in [-0.4, -0.2) is 19.9 Å². The maximum absolute atomic E-state index is 10.8. The zero-order chi connectivity index (χ0) is 14.8. The van der Waals surface area contributed by atoms with Crippen molar-refractivity contribution in [2.24, 2.45) is 0 Å². The molecule has 0 aliphatic heterocycles. The number of rotatable bonds is 3. The Bertz CT molecular complexity index is 799. The Hall–Kier alpha value is -2.29. The van der Waals surface area contributed by atoms with E-state index in [1.807, 2.05) is 24.3 Å². The van der Waals surface area contributed by atoms with Crippen LogP contribution in [0.1, 0.15) is 0 Å². The minimum absolute atomic E-state index is 0.0267. The van der Waals surface area contributed by atoms with Crippen molar-refractivity contribution < 1.29 is 4.92 Å². The van der Waals surface area contributed by atoms with Crippen molar-refractivity contribution in [3.05, 3.63) is 68.4 Å². The molecule has 2 aromatic carbocycles. The van der Waals surface area contributed by atoms with Crippen LogP contribution in [0.3, 0.4) is 0 Å². The summed E-state index contributed by atoms with van der Waals surface area (Å²) in [5.41, 5.74) is 2.30. The summed E-state index contributed by atoms with van der Waals surface area (Å²) in [5.74, 6) is 0. The molecule has 3 rings (SSSR count). The molecule has 0 N–H and O–H groups in total. The molecule has 1 aromatic heterocycles. The fraction of sp³-hybridized carbons (Fsp3) is 0. The number of nitro groups is 1. The van der Waals surface area contributed by atoms with Crippen molar-refractivity contribution in [3.63, 3.8) is 0 Å². The van der Waals surface area contributed by atoms with Gasteiger partial charge < -0.3 is 0 Å². The molecule has 0 atom stereocenters. The van der Waals surface area contributed by atoms with Gasteiger partial charge in [0.05, 0.1) is 16.8 Å². The van der Waals surface area contributed by atoms with Crippen LogP contribution in [0.4, 0.5) is 5.69 Å². The first-order valence-electron chi connectivity index (χ1n) is 6.06. The zero-order valence-corrected chi connectivity index (χ0v) is 12.8. The normalized spacial score (nSPS) is 10.5. The van der Waals surface area contributed by atoms with E-state index >= 15 is 0 Å². The van der Waals surface area contributed by atoms with Gasteiger partial charge in [-0.3, -0.25) is 10.1 Å². The molecule has 0 unspecified atom stereocenters. The number of aromatic nitrogens is 3. The fourth-order valence-electron chi connectivity index (χ4n) is 1.89. The summed E-state index contributed by atoms with van der Waals surface area (Å²) in [4.78, 5) is 10.4. The SMILES string of the molecule is O=[N+]([O-])c1cccc(-n2cc(-c3ccc(I)cc3)nn2)c1. The Morgan fingerprint density at radius 2 is 1.90 bits per heavy atom. The molecular weight excluding hydrogens is 383 g/mol. The van der Waals surface area contributed by atoms with Crippen molar-refractivity contribution in [2.75, 3.05) is 0 Å². The lowest BCUT2D eigenvalue weighted by molar-refractivity contribution is -0.384. The van der Waals surface area contributed by atoms with Crippen molar-refractivity contribution in [1.82, 2.24) is 15.0 Å². The highest BCUT2D eigenvalue weighted by Crippen LogP contribution is 2.20. The van der Waals surface area contributed by atoms with Crippen LogP contribution >= 0.6 is 22.6 Å².